The van der Waals surface area contributed by atoms with Gasteiger partial charge in [0.1, 0.15) is 23.2 Å². The van der Waals surface area contributed by atoms with Gasteiger partial charge in [0.2, 0.25) is 5.43 Å². The second-order valence-electron chi connectivity index (χ2n) is 6.76. The summed E-state index contributed by atoms with van der Waals surface area (Å²) in [6.45, 7) is 2.74. The first-order valence-corrected chi connectivity index (χ1v) is 9.29. The molecule has 0 bridgehead atoms. The van der Waals surface area contributed by atoms with Crippen molar-refractivity contribution in [1.82, 2.24) is 9.88 Å². The van der Waals surface area contributed by atoms with E-state index >= 15 is 0 Å². The number of amides is 1. The van der Waals surface area contributed by atoms with Crippen molar-refractivity contribution in [2.24, 2.45) is 0 Å². The van der Waals surface area contributed by atoms with E-state index in [-0.39, 0.29) is 18.2 Å². The molecule has 1 aliphatic rings. The maximum atomic E-state index is 13.0. The molecule has 1 amide bonds. The Morgan fingerprint density at radius 2 is 2.18 bits per heavy atom. The van der Waals surface area contributed by atoms with Gasteiger partial charge in [0.05, 0.1) is 29.6 Å². The number of benzene rings is 2. The van der Waals surface area contributed by atoms with E-state index < -0.39 is 11.3 Å². The van der Waals surface area contributed by atoms with E-state index in [1.807, 2.05) is 35.8 Å². The van der Waals surface area contributed by atoms with Crippen molar-refractivity contribution in [2.45, 2.75) is 26.1 Å². The summed E-state index contributed by atoms with van der Waals surface area (Å²) in [7, 11) is 1.59. The molecule has 1 aromatic heterocycles. The van der Waals surface area contributed by atoms with E-state index in [1.54, 1.807) is 25.4 Å². The molecule has 0 saturated carbocycles. The lowest BCUT2D eigenvalue weighted by Crippen LogP contribution is -2.32. The third-order valence-corrected chi connectivity index (χ3v) is 5.06. The molecule has 3 aromatic rings. The van der Waals surface area contributed by atoms with Gasteiger partial charge in [-0.3, -0.25) is 9.59 Å². The molecule has 6 nitrogen and oxygen atoms in total. The Bertz CT molecular complexity index is 1140. The number of rotatable bonds is 4. The minimum Gasteiger partial charge on any atom is -0.497 e. The van der Waals surface area contributed by atoms with Gasteiger partial charge in [0, 0.05) is 12.7 Å². The number of hydrogen-bond acceptors (Lipinski definition) is 4. The highest BCUT2D eigenvalue weighted by Crippen LogP contribution is 2.33. The largest absolute Gasteiger partial charge is 0.497 e. The summed E-state index contributed by atoms with van der Waals surface area (Å²) in [5, 5.41) is 3.41. The van der Waals surface area contributed by atoms with Crippen molar-refractivity contribution >= 4 is 28.4 Å². The minimum atomic E-state index is -0.445. The normalized spacial score (nSPS) is 15.2. The van der Waals surface area contributed by atoms with Crippen LogP contribution in [0.4, 0.5) is 0 Å². The summed E-state index contributed by atoms with van der Waals surface area (Å²) in [6, 6.07) is 10.8. The lowest BCUT2D eigenvalue weighted by Gasteiger charge is -2.26. The Hall–Kier alpha value is -2.99. The number of carbonyl (C=O) groups excluding carboxylic acids is 1. The Morgan fingerprint density at radius 3 is 2.96 bits per heavy atom. The molecular formula is C21H19ClN2O4. The van der Waals surface area contributed by atoms with E-state index in [9.17, 15) is 9.59 Å². The number of hydrogen-bond donors (Lipinski definition) is 1. The summed E-state index contributed by atoms with van der Waals surface area (Å²) in [5.74, 6) is 0.855. The van der Waals surface area contributed by atoms with Crippen molar-refractivity contribution in [1.29, 1.82) is 0 Å². The molecule has 2 heterocycles. The number of ether oxygens (including phenoxy) is 2. The van der Waals surface area contributed by atoms with Crippen LogP contribution in [0.5, 0.6) is 11.5 Å². The van der Waals surface area contributed by atoms with Crippen LogP contribution in [0.3, 0.4) is 0 Å². The predicted molar refractivity (Wildman–Crippen MR) is 107 cm³/mol. The van der Waals surface area contributed by atoms with E-state index in [2.05, 4.69) is 5.32 Å². The number of nitrogens with zero attached hydrogens (tertiary/aromatic N) is 1. The van der Waals surface area contributed by atoms with Gasteiger partial charge in [-0.1, -0.05) is 23.7 Å². The van der Waals surface area contributed by atoms with Gasteiger partial charge in [0.25, 0.3) is 5.91 Å². The van der Waals surface area contributed by atoms with Crippen LogP contribution < -0.4 is 20.2 Å². The average Bonchev–Trinajstić information content (AvgIpc) is 2.69. The summed E-state index contributed by atoms with van der Waals surface area (Å²) < 4.78 is 12.9. The van der Waals surface area contributed by atoms with Crippen molar-refractivity contribution in [3.63, 3.8) is 0 Å². The van der Waals surface area contributed by atoms with Gasteiger partial charge >= 0.3 is 0 Å². The van der Waals surface area contributed by atoms with Crippen LogP contribution in [0.25, 0.3) is 10.9 Å². The number of methoxy groups -OCH3 is 1. The third-order valence-electron chi connectivity index (χ3n) is 4.75. The molecule has 0 spiro atoms. The Balaban J connectivity index is 1.71. The zero-order chi connectivity index (χ0) is 19.8. The maximum Gasteiger partial charge on any atom is 0.257 e. The van der Waals surface area contributed by atoms with Gasteiger partial charge in [0.15, 0.2) is 0 Å². The van der Waals surface area contributed by atoms with Crippen LogP contribution in [0.15, 0.2) is 47.4 Å². The van der Waals surface area contributed by atoms with Gasteiger partial charge in [-0.15, -0.1) is 0 Å². The third kappa shape index (κ3) is 3.20. The molecule has 4 rings (SSSR count). The van der Waals surface area contributed by atoms with Crippen LogP contribution in [-0.2, 0) is 13.1 Å². The first-order chi connectivity index (χ1) is 13.5. The van der Waals surface area contributed by atoms with E-state index in [4.69, 9.17) is 21.1 Å². The second-order valence-corrected chi connectivity index (χ2v) is 7.16. The zero-order valence-corrected chi connectivity index (χ0v) is 16.2. The number of nitrogens with one attached hydrogen (secondary N) is 1. The topological polar surface area (TPSA) is 69.6 Å². The lowest BCUT2D eigenvalue weighted by atomic mass is 10.1. The molecule has 0 saturated heterocycles. The number of pyridine rings is 1. The summed E-state index contributed by atoms with van der Waals surface area (Å²) >= 11 is 6.29. The molecule has 28 heavy (non-hydrogen) atoms. The molecule has 7 heteroatoms. The summed E-state index contributed by atoms with van der Waals surface area (Å²) in [6.07, 6.45) is 1.51. The number of aromatic nitrogens is 1. The van der Waals surface area contributed by atoms with Crippen molar-refractivity contribution in [3.8, 4) is 11.5 Å². The molecule has 0 fully saturated rings. The molecule has 1 atom stereocenters. The molecule has 1 unspecified atom stereocenters. The fourth-order valence-electron chi connectivity index (χ4n) is 3.45. The SMILES string of the molecule is COc1cccc(CNC(=O)c2cn3c4c(ccc(Cl)c4c2=O)OC(C)C3)c1. The molecule has 0 aliphatic carbocycles. The summed E-state index contributed by atoms with van der Waals surface area (Å²) in [4.78, 5) is 25.8. The van der Waals surface area contributed by atoms with Crippen LogP contribution in [0, 0.1) is 0 Å². The molecule has 1 N–H and O–H groups in total. The Morgan fingerprint density at radius 1 is 1.36 bits per heavy atom. The van der Waals surface area contributed by atoms with Crippen LogP contribution in [0.2, 0.25) is 5.02 Å². The maximum absolute atomic E-state index is 13.0. The Kier molecular flexibility index (Phi) is 4.73. The zero-order valence-electron chi connectivity index (χ0n) is 15.5. The number of halogens is 1. The highest BCUT2D eigenvalue weighted by atomic mass is 35.5. The summed E-state index contributed by atoms with van der Waals surface area (Å²) in [5.41, 5.74) is 1.15. The first-order valence-electron chi connectivity index (χ1n) is 8.91. The van der Waals surface area contributed by atoms with E-state index in [1.165, 1.54) is 0 Å². The van der Waals surface area contributed by atoms with Gasteiger partial charge in [-0.2, -0.15) is 0 Å². The molecule has 0 radical (unpaired) electrons. The van der Waals surface area contributed by atoms with E-state index in [0.29, 0.717) is 34.0 Å². The van der Waals surface area contributed by atoms with Crippen molar-refractivity contribution < 1.29 is 14.3 Å². The molecule has 2 aromatic carbocycles. The van der Waals surface area contributed by atoms with Crippen LogP contribution in [-0.4, -0.2) is 23.7 Å². The average molecular weight is 399 g/mol. The van der Waals surface area contributed by atoms with Crippen molar-refractivity contribution in [2.75, 3.05) is 7.11 Å². The highest BCUT2D eigenvalue weighted by Gasteiger charge is 2.24. The van der Waals surface area contributed by atoms with Gasteiger partial charge in [-0.25, -0.2) is 0 Å². The van der Waals surface area contributed by atoms with Gasteiger partial charge in [-0.05, 0) is 36.8 Å². The molecular weight excluding hydrogens is 380 g/mol. The standard InChI is InChI=1S/C21H19ClN2O4/c1-12-10-24-11-15(20(25)18-16(22)6-7-17(28-12)19(18)24)21(26)23-9-13-4-3-5-14(8-13)27-2/h3-8,11-12H,9-10H2,1-2H3,(H,23,26). The lowest BCUT2D eigenvalue weighted by molar-refractivity contribution is 0.0948. The van der Waals surface area contributed by atoms with Crippen LogP contribution >= 0.6 is 11.6 Å². The minimum absolute atomic E-state index is 0.0588. The molecule has 1 aliphatic heterocycles. The Labute approximate surface area is 166 Å². The quantitative estimate of drug-likeness (QED) is 0.731. The van der Waals surface area contributed by atoms with Crippen molar-refractivity contribution in [3.05, 3.63) is 69.0 Å². The van der Waals surface area contributed by atoms with E-state index in [0.717, 1.165) is 5.56 Å². The fraction of sp³-hybridized carbons (Fsp3) is 0.238. The number of carbonyl (C=O) groups is 1. The molecule has 144 valence electrons. The van der Waals surface area contributed by atoms with Crippen LogP contribution in [0.1, 0.15) is 22.8 Å². The fourth-order valence-corrected chi connectivity index (χ4v) is 3.69. The predicted octanol–water partition coefficient (Wildman–Crippen LogP) is 3.37. The highest BCUT2D eigenvalue weighted by molar-refractivity contribution is 6.35. The van der Waals surface area contributed by atoms with Gasteiger partial charge < -0.3 is 19.4 Å². The monoisotopic (exact) mass is 398 g/mol. The second kappa shape index (κ2) is 7.20. The first kappa shape index (κ1) is 18.4. The smallest absolute Gasteiger partial charge is 0.257 e.